The van der Waals surface area contributed by atoms with Crippen LogP contribution in [0.25, 0.3) is 0 Å². The number of alkyl halides is 3. The topological polar surface area (TPSA) is 46.2 Å². The third-order valence-electron chi connectivity index (χ3n) is 2.56. The molecule has 16 heavy (non-hydrogen) atoms. The number of hydrogen-bond acceptors (Lipinski definition) is 2. The van der Waals surface area contributed by atoms with Crippen LogP contribution < -0.4 is 5.73 Å². The zero-order chi connectivity index (χ0) is 12.5. The van der Waals surface area contributed by atoms with Gasteiger partial charge in [-0.25, -0.2) is 0 Å². The van der Waals surface area contributed by atoms with Gasteiger partial charge < -0.3 is 10.8 Å². The minimum absolute atomic E-state index is 0.136. The van der Waals surface area contributed by atoms with Crippen LogP contribution in [0.2, 0.25) is 0 Å². The van der Waals surface area contributed by atoms with Crippen molar-refractivity contribution in [1.82, 2.24) is 0 Å². The Morgan fingerprint density at radius 2 is 1.75 bits per heavy atom. The molecule has 0 saturated carbocycles. The van der Waals surface area contributed by atoms with E-state index in [1.54, 1.807) is 13.8 Å². The molecule has 0 amide bonds. The molecule has 2 nitrogen and oxygen atoms in total. The van der Waals surface area contributed by atoms with Crippen molar-refractivity contribution in [2.24, 2.45) is 5.73 Å². The molecule has 1 aromatic rings. The smallest absolute Gasteiger partial charge is 0.403 e. The van der Waals surface area contributed by atoms with Crippen LogP contribution in [0.15, 0.2) is 12.1 Å². The Labute approximate surface area is 91.9 Å². The fraction of sp³-hybridized carbons (Fsp3) is 0.455. The second kappa shape index (κ2) is 4.33. The van der Waals surface area contributed by atoms with Crippen molar-refractivity contribution in [3.63, 3.8) is 0 Å². The van der Waals surface area contributed by atoms with Crippen LogP contribution in [-0.2, 0) is 6.42 Å². The number of hydrogen-bond donors (Lipinski definition) is 2. The first kappa shape index (κ1) is 12.8. The van der Waals surface area contributed by atoms with Crippen molar-refractivity contribution in [1.29, 1.82) is 0 Å². The first-order chi connectivity index (χ1) is 7.21. The summed E-state index contributed by atoms with van der Waals surface area (Å²) in [5, 5.41) is 9.51. The maximum atomic E-state index is 12.2. The van der Waals surface area contributed by atoms with Gasteiger partial charge in [-0.05, 0) is 43.0 Å². The Morgan fingerprint density at radius 3 is 2.25 bits per heavy atom. The quantitative estimate of drug-likeness (QED) is 0.824. The lowest BCUT2D eigenvalue weighted by Gasteiger charge is -2.17. The van der Waals surface area contributed by atoms with Crippen LogP contribution in [-0.4, -0.2) is 17.3 Å². The fourth-order valence-electron chi connectivity index (χ4n) is 1.38. The summed E-state index contributed by atoms with van der Waals surface area (Å²) in [6.45, 7) is 3.56. The Morgan fingerprint density at radius 1 is 1.25 bits per heavy atom. The molecule has 0 heterocycles. The summed E-state index contributed by atoms with van der Waals surface area (Å²) in [7, 11) is 0. The molecule has 0 aromatic heterocycles. The first-order valence-corrected chi connectivity index (χ1v) is 4.83. The van der Waals surface area contributed by atoms with E-state index in [-0.39, 0.29) is 11.3 Å². The van der Waals surface area contributed by atoms with E-state index >= 15 is 0 Å². The normalized spacial score (nSPS) is 13.9. The lowest BCUT2D eigenvalue weighted by molar-refractivity contribution is -0.147. The molecule has 1 rings (SSSR count). The molecular weight excluding hydrogens is 219 g/mol. The molecule has 1 unspecified atom stereocenters. The van der Waals surface area contributed by atoms with E-state index in [0.29, 0.717) is 0 Å². The van der Waals surface area contributed by atoms with Gasteiger partial charge in [0.25, 0.3) is 0 Å². The molecule has 0 bridgehead atoms. The first-order valence-electron chi connectivity index (χ1n) is 4.83. The monoisotopic (exact) mass is 233 g/mol. The summed E-state index contributed by atoms with van der Waals surface area (Å²) in [6.07, 6.45) is -4.85. The van der Waals surface area contributed by atoms with E-state index in [0.717, 1.165) is 11.1 Å². The van der Waals surface area contributed by atoms with Gasteiger partial charge in [0.05, 0.1) is 0 Å². The van der Waals surface area contributed by atoms with Gasteiger partial charge in [-0.15, -0.1) is 0 Å². The fourth-order valence-corrected chi connectivity index (χ4v) is 1.38. The van der Waals surface area contributed by atoms with Gasteiger partial charge in [0.15, 0.2) is 0 Å². The number of nitrogens with two attached hydrogens (primary N) is 1. The van der Waals surface area contributed by atoms with Gasteiger partial charge in [-0.1, -0.05) is 6.07 Å². The molecule has 1 atom stereocenters. The molecule has 0 aliphatic carbocycles. The molecule has 3 N–H and O–H groups in total. The highest BCUT2D eigenvalue weighted by atomic mass is 19.4. The maximum absolute atomic E-state index is 12.2. The van der Waals surface area contributed by atoms with Crippen molar-refractivity contribution in [3.8, 4) is 5.75 Å². The number of rotatable bonds is 2. The highest BCUT2D eigenvalue weighted by molar-refractivity contribution is 5.41. The standard InChI is InChI=1S/C11H14F3NO/c1-6-3-8(9(16)4-7(6)2)5-10(15)11(12,13)14/h3-4,10,16H,5,15H2,1-2H3. The van der Waals surface area contributed by atoms with Gasteiger partial charge in [0, 0.05) is 0 Å². The van der Waals surface area contributed by atoms with Gasteiger partial charge in [-0.2, -0.15) is 13.2 Å². The second-order valence-corrected chi connectivity index (χ2v) is 3.92. The Hall–Kier alpha value is -1.23. The predicted octanol–water partition coefficient (Wildman–Crippen LogP) is 2.44. The van der Waals surface area contributed by atoms with E-state index in [4.69, 9.17) is 5.73 Å². The summed E-state index contributed by atoms with van der Waals surface area (Å²) >= 11 is 0. The molecule has 5 heteroatoms. The maximum Gasteiger partial charge on any atom is 0.403 e. The molecule has 90 valence electrons. The van der Waals surface area contributed by atoms with Crippen molar-refractivity contribution in [3.05, 3.63) is 28.8 Å². The molecule has 0 fully saturated rings. The Kier molecular flexibility index (Phi) is 3.48. The van der Waals surface area contributed by atoms with Gasteiger partial charge in [0.1, 0.15) is 11.8 Å². The zero-order valence-electron chi connectivity index (χ0n) is 9.10. The second-order valence-electron chi connectivity index (χ2n) is 3.92. The van der Waals surface area contributed by atoms with Crippen LogP contribution in [0.1, 0.15) is 16.7 Å². The average molecular weight is 233 g/mol. The SMILES string of the molecule is Cc1cc(O)c(CC(N)C(F)(F)F)cc1C. The minimum atomic E-state index is -4.44. The third-order valence-corrected chi connectivity index (χ3v) is 2.56. The summed E-state index contributed by atoms with van der Waals surface area (Å²) < 4.78 is 36.7. The number of phenols is 1. The molecule has 0 saturated heterocycles. The van der Waals surface area contributed by atoms with E-state index in [9.17, 15) is 18.3 Å². The summed E-state index contributed by atoms with van der Waals surface area (Å²) in [5.41, 5.74) is 6.90. The number of phenolic OH excluding ortho intramolecular Hbond substituents is 1. The van der Waals surface area contributed by atoms with Crippen molar-refractivity contribution >= 4 is 0 Å². The summed E-state index contributed by atoms with van der Waals surface area (Å²) in [6, 6.07) is 1.05. The number of benzene rings is 1. The highest BCUT2D eigenvalue weighted by Crippen LogP contribution is 2.27. The molecule has 1 aromatic carbocycles. The minimum Gasteiger partial charge on any atom is -0.508 e. The number of aromatic hydroxyl groups is 1. The molecule has 0 aliphatic rings. The molecular formula is C11H14F3NO. The van der Waals surface area contributed by atoms with Crippen LogP contribution in [0.4, 0.5) is 13.2 Å². The number of aryl methyl sites for hydroxylation is 2. The average Bonchev–Trinajstić information content (AvgIpc) is 2.12. The van der Waals surface area contributed by atoms with E-state index in [1.165, 1.54) is 12.1 Å². The van der Waals surface area contributed by atoms with Gasteiger partial charge in [-0.3, -0.25) is 0 Å². The van der Waals surface area contributed by atoms with Crippen molar-refractivity contribution in [2.75, 3.05) is 0 Å². The molecule has 0 aliphatic heterocycles. The van der Waals surface area contributed by atoms with Crippen molar-refractivity contribution < 1.29 is 18.3 Å². The van der Waals surface area contributed by atoms with Crippen LogP contribution in [0, 0.1) is 13.8 Å². The van der Waals surface area contributed by atoms with Crippen LogP contribution in [0.3, 0.4) is 0 Å². The molecule has 0 radical (unpaired) electrons. The van der Waals surface area contributed by atoms with Crippen LogP contribution >= 0.6 is 0 Å². The Bertz CT molecular complexity index is 388. The van der Waals surface area contributed by atoms with Gasteiger partial charge in [0.2, 0.25) is 0 Å². The lowest BCUT2D eigenvalue weighted by Crippen LogP contribution is -2.39. The lowest BCUT2D eigenvalue weighted by atomic mass is 10.00. The third kappa shape index (κ3) is 2.88. The van der Waals surface area contributed by atoms with Gasteiger partial charge >= 0.3 is 6.18 Å². The Balaban J connectivity index is 2.94. The molecule has 0 spiro atoms. The van der Waals surface area contributed by atoms with Crippen LogP contribution in [0.5, 0.6) is 5.75 Å². The van der Waals surface area contributed by atoms with E-state index in [2.05, 4.69) is 0 Å². The number of halogens is 3. The van der Waals surface area contributed by atoms with Crippen molar-refractivity contribution in [2.45, 2.75) is 32.5 Å². The largest absolute Gasteiger partial charge is 0.508 e. The zero-order valence-corrected chi connectivity index (χ0v) is 9.10. The predicted molar refractivity (Wildman–Crippen MR) is 55.3 cm³/mol. The van der Waals surface area contributed by atoms with E-state index < -0.39 is 18.6 Å². The highest BCUT2D eigenvalue weighted by Gasteiger charge is 2.36. The summed E-state index contributed by atoms with van der Waals surface area (Å²) in [5.74, 6) is -0.136. The summed E-state index contributed by atoms with van der Waals surface area (Å²) in [4.78, 5) is 0. The van der Waals surface area contributed by atoms with E-state index in [1.807, 2.05) is 0 Å².